The fraction of sp³-hybridized carbons (Fsp3) is 0.375. The van der Waals surface area contributed by atoms with E-state index in [1.165, 1.54) is 0 Å². The second kappa shape index (κ2) is 5.24. The van der Waals surface area contributed by atoms with Crippen molar-refractivity contribution in [3.63, 3.8) is 0 Å². The number of carboxylic acids is 1. The second-order valence-corrected chi connectivity index (χ2v) is 5.96. The molecule has 0 radical (unpaired) electrons. The number of nitrogens with zero attached hydrogens (tertiary/aromatic N) is 1. The van der Waals surface area contributed by atoms with Gasteiger partial charge in [0.2, 0.25) is 11.7 Å². The third-order valence-electron chi connectivity index (χ3n) is 3.12. The molecule has 2 aromatic rings. The first-order chi connectivity index (χ1) is 9.74. The molecule has 0 bridgehead atoms. The Bertz CT molecular complexity index is 680. The number of aryl methyl sites for hydroxylation is 1. The predicted molar refractivity (Wildman–Crippen MR) is 78.9 cm³/mol. The molecule has 0 saturated heterocycles. The average molecular weight is 289 g/mol. The number of methoxy groups -OCH3 is 1. The highest BCUT2D eigenvalue weighted by molar-refractivity contribution is 5.86. The van der Waals surface area contributed by atoms with Gasteiger partial charge in [0.05, 0.1) is 12.7 Å². The lowest BCUT2D eigenvalue weighted by atomic mass is 9.91. The Kier molecular flexibility index (Phi) is 3.77. The zero-order valence-corrected chi connectivity index (χ0v) is 12.9. The van der Waals surface area contributed by atoms with Gasteiger partial charge in [-0.15, -0.1) is 0 Å². The normalized spacial score (nSPS) is 11.5. The summed E-state index contributed by atoms with van der Waals surface area (Å²) < 4.78 is 10.8. The Labute approximate surface area is 123 Å². The maximum atomic E-state index is 11.4. The fourth-order valence-electron chi connectivity index (χ4n) is 2.08. The molecule has 0 aliphatic carbocycles. The molecule has 0 atom stereocenters. The zero-order chi connectivity index (χ0) is 15.8. The summed E-state index contributed by atoms with van der Waals surface area (Å²) in [5.74, 6) is -0.386. The fourth-order valence-corrected chi connectivity index (χ4v) is 2.08. The van der Waals surface area contributed by atoms with Crippen LogP contribution in [0.3, 0.4) is 0 Å². The van der Waals surface area contributed by atoms with E-state index < -0.39 is 11.4 Å². The first kappa shape index (κ1) is 15.1. The number of carbonyl (C=O) groups is 1. The van der Waals surface area contributed by atoms with Crippen LogP contribution >= 0.6 is 0 Å². The molecule has 21 heavy (non-hydrogen) atoms. The van der Waals surface area contributed by atoms with E-state index >= 15 is 0 Å². The number of aromatic carboxylic acids is 1. The van der Waals surface area contributed by atoms with Gasteiger partial charge in [-0.1, -0.05) is 32.4 Å². The van der Waals surface area contributed by atoms with Crippen molar-refractivity contribution in [1.29, 1.82) is 0 Å². The van der Waals surface area contributed by atoms with Crippen LogP contribution in [0.15, 0.2) is 22.6 Å². The Balaban J connectivity index is 2.66. The lowest BCUT2D eigenvalue weighted by Crippen LogP contribution is -2.16. The van der Waals surface area contributed by atoms with Gasteiger partial charge in [-0.25, -0.2) is 9.78 Å². The molecule has 1 aromatic carbocycles. The minimum Gasteiger partial charge on any atom is -0.496 e. The van der Waals surface area contributed by atoms with Crippen molar-refractivity contribution in [2.45, 2.75) is 33.1 Å². The quantitative estimate of drug-likeness (QED) is 0.933. The number of hydrogen-bond acceptors (Lipinski definition) is 4. The molecule has 0 spiro atoms. The van der Waals surface area contributed by atoms with E-state index in [1.807, 2.05) is 45.9 Å². The van der Waals surface area contributed by atoms with Gasteiger partial charge in [0, 0.05) is 5.41 Å². The van der Waals surface area contributed by atoms with Crippen LogP contribution in [0.1, 0.15) is 42.6 Å². The minimum absolute atomic E-state index is 0.124. The van der Waals surface area contributed by atoms with Crippen molar-refractivity contribution in [2.75, 3.05) is 7.11 Å². The first-order valence-electron chi connectivity index (χ1n) is 6.63. The SMILES string of the molecule is COc1ccc(C)cc1-c1nc(C(C)(C)C)c(C(=O)O)o1. The van der Waals surface area contributed by atoms with Gasteiger partial charge in [-0.05, 0) is 19.1 Å². The highest BCUT2D eigenvalue weighted by Crippen LogP contribution is 2.34. The van der Waals surface area contributed by atoms with Gasteiger partial charge < -0.3 is 14.3 Å². The molecule has 0 fully saturated rings. The highest BCUT2D eigenvalue weighted by Gasteiger charge is 2.29. The molecule has 0 aliphatic heterocycles. The molecule has 1 heterocycles. The number of rotatable bonds is 3. The predicted octanol–water partition coefficient (Wildman–Crippen LogP) is 3.65. The van der Waals surface area contributed by atoms with Crippen molar-refractivity contribution in [3.8, 4) is 17.2 Å². The van der Waals surface area contributed by atoms with Crippen LogP contribution in [0, 0.1) is 6.92 Å². The molecule has 0 amide bonds. The molecule has 2 rings (SSSR count). The summed E-state index contributed by atoms with van der Waals surface area (Å²) in [4.78, 5) is 15.8. The molecular weight excluding hydrogens is 270 g/mol. The number of hydrogen-bond donors (Lipinski definition) is 1. The van der Waals surface area contributed by atoms with Crippen molar-refractivity contribution >= 4 is 5.97 Å². The summed E-state index contributed by atoms with van der Waals surface area (Å²) in [6.45, 7) is 7.63. The van der Waals surface area contributed by atoms with E-state index in [9.17, 15) is 9.90 Å². The van der Waals surface area contributed by atoms with Crippen LogP contribution in [-0.4, -0.2) is 23.2 Å². The van der Waals surface area contributed by atoms with E-state index in [4.69, 9.17) is 9.15 Å². The zero-order valence-electron chi connectivity index (χ0n) is 12.9. The summed E-state index contributed by atoms with van der Waals surface area (Å²) in [6.07, 6.45) is 0. The maximum absolute atomic E-state index is 11.4. The van der Waals surface area contributed by atoms with E-state index in [2.05, 4.69) is 4.98 Å². The number of ether oxygens (including phenoxy) is 1. The molecule has 0 saturated carbocycles. The molecule has 112 valence electrons. The average Bonchev–Trinajstić information content (AvgIpc) is 2.83. The van der Waals surface area contributed by atoms with Gasteiger partial charge in [-0.3, -0.25) is 0 Å². The van der Waals surface area contributed by atoms with E-state index in [1.54, 1.807) is 7.11 Å². The molecule has 5 heteroatoms. The number of aromatic nitrogens is 1. The number of carboxylic acid groups (broad SMARTS) is 1. The highest BCUT2D eigenvalue weighted by atomic mass is 16.5. The van der Waals surface area contributed by atoms with E-state index in [-0.39, 0.29) is 11.7 Å². The van der Waals surface area contributed by atoms with Crippen molar-refractivity contribution < 1.29 is 19.1 Å². The summed E-state index contributed by atoms with van der Waals surface area (Å²) in [6, 6.07) is 5.59. The topological polar surface area (TPSA) is 72.6 Å². The molecule has 1 aromatic heterocycles. The second-order valence-electron chi connectivity index (χ2n) is 5.96. The monoisotopic (exact) mass is 289 g/mol. The third kappa shape index (κ3) is 2.91. The maximum Gasteiger partial charge on any atom is 0.373 e. The minimum atomic E-state index is -1.12. The van der Waals surface area contributed by atoms with E-state index in [0.29, 0.717) is 17.0 Å². The van der Waals surface area contributed by atoms with Crippen LogP contribution < -0.4 is 4.74 Å². The Morgan fingerprint density at radius 1 is 1.33 bits per heavy atom. The standard InChI is InChI=1S/C16H19NO4/c1-9-6-7-11(20-5)10(8-9)14-17-13(16(2,3)4)12(21-14)15(18)19/h6-8H,1-5H3,(H,18,19). The third-order valence-corrected chi connectivity index (χ3v) is 3.12. The summed E-state index contributed by atoms with van der Waals surface area (Å²) >= 11 is 0. The summed E-state index contributed by atoms with van der Waals surface area (Å²) in [5, 5.41) is 9.31. The molecule has 5 nitrogen and oxygen atoms in total. The molecular formula is C16H19NO4. The Hall–Kier alpha value is -2.30. The van der Waals surface area contributed by atoms with Crippen LogP contribution in [0.4, 0.5) is 0 Å². The van der Waals surface area contributed by atoms with Gasteiger partial charge in [0.1, 0.15) is 11.4 Å². The van der Waals surface area contributed by atoms with Crippen molar-refractivity contribution in [1.82, 2.24) is 4.98 Å². The van der Waals surface area contributed by atoms with Gasteiger partial charge in [0.15, 0.2) is 0 Å². The largest absolute Gasteiger partial charge is 0.496 e. The molecule has 1 N–H and O–H groups in total. The van der Waals surface area contributed by atoms with Crippen molar-refractivity contribution in [3.05, 3.63) is 35.2 Å². The van der Waals surface area contributed by atoms with Gasteiger partial charge >= 0.3 is 5.97 Å². The van der Waals surface area contributed by atoms with Crippen LogP contribution in [-0.2, 0) is 5.41 Å². The lowest BCUT2D eigenvalue weighted by Gasteiger charge is -2.14. The van der Waals surface area contributed by atoms with Crippen molar-refractivity contribution in [2.24, 2.45) is 0 Å². The van der Waals surface area contributed by atoms with Crippen LogP contribution in [0.5, 0.6) is 5.75 Å². The van der Waals surface area contributed by atoms with Crippen LogP contribution in [0.25, 0.3) is 11.5 Å². The molecule has 0 unspecified atom stereocenters. The number of benzene rings is 1. The van der Waals surface area contributed by atoms with Crippen LogP contribution in [0.2, 0.25) is 0 Å². The van der Waals surface area contributed by atoms with Gasteiger partial charge in [0.25, 0.3) is 0 Å². The Morgan fingerprint density at radius 2 is 2.00 bits per heavy atom. The summed E-state index contributed by atoms with van der Waals surface area (Å²) in [7, 11) is 1.56. The van der Waals surface area contributed by atoms with E-state index in [0.717, 1.165) is 5.56 Å². The van der Waals surface area contributed by atoms with Gasteiger partial charge in [-0.2, -0.15) is 0 Å². The lowest BCUT2D eigenvalue weighted by molar-refractivity contribution is 0.0659. The molecule has 0 aliphatic rings. The smallest absolute Gasteiger partial charge is 0.373 e. The Morgan fingerprint density at radius 3 is 2.48 bits per heavy atom. The summed E-state index contributed by atoms with van der Waals surface area (Å²) in [5.41, 5.74) is 1.66. The number of oxazole rings is 1. The first-order valence-corrected chi connectivity index (χ1v) is 6.63.